The number of hydrogen-bond acceptors (Lipinski definition) is 2. The molecule has 1 rings (SSSR count). The molecule has 18 heavy (non-hydrogen) atoms. The van der Waals surface area contributed by atoms with Gasteiger partial charge in [-0.25, -0.2) is 0 Å². The first-order valence-electron chi connectivity index (χ1n) is 6.35. The molecule has 0 saturated heterocycles. The highest BCUT2D eigenvalue weighted by Crippen LogP contribution is 2.14. The van der Waals surface area contributed by atoms with Crippen molar-refractivity contribution in [3.8, 4) is 0 Å². The molecule has 4 heteroatoms. The zero-order valence-corrected chi connectivity index (χ0v) is 11.0. The number of amides is 2. The van der Waals surface area contributed by atoms with Gasteiger partial charge in [0.1, 0.15) is 0 Å². The molecule has 0 aliphatic rings. The maximum Gasteiger partial charge on any atom is 0.224 e. The van der Waals surface area contributed by atoms with Crippen LogP contribution in [0.15, 0.2) is 24.3 Å². The van der Waals surface area contributed by atoms with Crippen LogP contribution in [0.25, 0.3) is 0 Å². The molecule has 0 saturated carbocycles. The second-order valence-electron chi connectivity index (χ2n) is 4.17. The summed E-state index contributed by atoms with van der Waals surface area (Å²) in [6, 6.07) is 7.15. The summed E-state index contributed by atoms with van der Waals surface area (Å²) in [5, 5.41) is 5.59. The highest BCUT2D eigenvalue weighted by atomic mass is 16.2. The molecule has 0 aromatic heterocycles. The van der Waals surface area contributed by atoms with Gasteiger partial charge in [0.15, 0.2) is 0 Å². The van der Waals surface area contributed by atoms with E-state index >= 15 is 0 Å². The SMILES string of the molecule is CCCC(=O)Nc1ccc(NC(=O)CCC)cc1. The summed E-state index contributed by atoms with van der Waals surface area (Å²) in [7, 11) is 0. The quantitative estimate of drug-likeness (QED) is 0.812. The second kappa shape index (κ2) is 7.48. The van der Waals surface area contributed by atoms with Gasteiger partial charge in [0, 0.05) is 24.2 Å². The van der Waals surface area contributed by atoms with E-state index in [2.05, 4.69) is 10.6 Å². The molecular weight excluding hydrogens is 228 g/mol. The molecule has 0 aliphatic carbocycles. The van der Waals surface area contributed by atoms with Crippen molar-refractivity contribution in [1.82, 2.24) is 0 Å². The van der Waals surface area contributed by atoms with Crippen molar-refractivity contribution >= 4 is 23.2 Å². The molecule has 1 aromatic rings. The summed E-state index contributed by atoms with van der Waals surface area (Å²) < 4.78 is 0. The van der Waals surface area contributed by atoms with E-state index in [9.17, 15) is 9.59 Å². The number of nitrogens with one attached hydrogen (secondary N) is 2. The van der Waals surface area contributed by atoms with Gasteiger partial charge in [0.05, 0.1) is 0 Å². The molecule has 1 aromatic carbocycles. The molecule has 98 valence electrons. The van der Waals surface area contributed by atoms with E-state index in [-0.39, 0.29) is 11.8 Å². The lowest BCUT2D eigenvalue weighted by atomic mass is 10.2. The van der Waals surface area contributed by atoms with Crippen LogP contribution in [0.1, 0.15) is 39.5 Å². The Hall–Kier alpha value is -1.84. The third kappa shape index (κ3) is 4.99. The van der Waals surface area contributed by atoms with E-state index < -0.39 is 0 Å². The summed E-state index contributed by atoms with van der Waals surface area (Å²) in [6.45, 7) is 3.93. The van der Waals surface area contributed by atoms with Gasteiger partial charge >= 0.3 is 0 Å². The van der Waals surface area contributed by atoms with E-state index in [1.54, 1.807) is 24.3 Å². The molecule has 0 fully saturated rings. The Bertz CT molecular complexity index is 360. The molecule has 4 nitrogen and oxygen atoms in total. The van der Waals surface area contributed by atoms with Crippen LogP contribution < -0.4 is 10.6 Å². The van der Waals surface area contributed by atoms with Gasteiger partial charge in [-0.05, 0) is 37.1 Å². The molecule has 0 aliphatic heterocycles. The van der Waals surface area contributed by atoms with Gasteiger partial charge in [-0.3, -0.25) is 9.59 Å². The molecule has 0 radical (unpaired) electrons. The van der Waals surface area contributed by atoms with Crippen LogP contribution in [0.4, 0.5) is 11.4 Å². The van der Waals surface area contributed by atoms with Crippen molar-refractivity contribution < 1.29 is 9.59 Å². The Labute approximate surface area is 108 Å². The maximum atomic E-state index is 11.4. The fraction of sp³-hybridized carbons (Fsp3) is 0.429. The lowest BCUT2D eigenvalue weighted by Gasteiger charge is -2.07. The minimum atomic E-state index is 0.0141. The summed E-state index contributed by atoms with van der Waals surface area (Å²) in [6.07, 6.45) is 2.71. The van der Waals surface area contributed by atoms with E-state index in [0.717, 1.165) is 24.2 Å². The second-order valence-corrected chi connectivity index (χ2v) is 4.17. The van der Waals surface area contributed by atoms with Crippen LogP contribution in [-0.2, 0) is 9.59 Å². The minimum absolute atomic E-state index is 0.0141. The Kier molecular flexibility index (Phi) is 5.91. The van der Waals surface area contributed by atoms with Crippen molar-refractivity contribution in [1.29, 1.82) is 0 Å². The third-order valence-corrected chi connectivity index (χ3v) is 2.41. The van der Waals surface area contributed by atoms with Crippen LogP contribution in [0.3, 0.4) is 0 Å². The van der Waals surface area contributed by atoms with E-state index in [4.69, 9.17) is 0 Å². The van der Waals surface area contributed by atoms with Crippen molar-refractivity contribution in [3.05, 3.63) is 24.3 Å². The predicted molar refractivity (Wildman–Crippen MR) is 73.5 cm³/mol. The van der Waals surface area contributed by atoms with Crippen LogP contribution in [0.5, 0.6) is 0 Å². The molecule has 0 unspecified atom stereocenters. The predicted octanol–water partition coefficient (Wildman–Crippen LogP) is 3.16. The monoisotopic (exact) mass is 248 g/mol. The van der Waals surface area contributed by atoms with Crippen molar-refractivity contribution in [3.63, 3.8) is 0 Å². The number of carbonyl (C=O) groups is 2. The van der Waals surface area contributed by atoms with E-state index in [1.165, 1.54) is 0 Å². The third-order valence-electron chi connectivity index (χ3n) is 2.41. The average molecular weight is 248 g/mol. The van der Waals surface area contributed by atoms with Gasteiger partial charge in [0.25, 0.3) is 0 Å². The molecule has 0 spiro atoms. The average Bonchev–Trinajstić information content (AvgIpc) is 2.32. The van der Waals surface area contributed by atoms with Gasteiger partial charge in [-0.1, -0.05) is 13.8 Å². The highest BCUT2D eigenvalue weighted by molar-refractivity contribution is 5.92. The number of hydrogen-bond donors (Lipinski definition) is 2. The maximum absolute atomic E-state index is 11.4. The van der Waals surface area contributed by atoms with Crippen LogP contribution in [0.2, 0.25) is 0 Å². The fourth-order valence-electron chi connectivity index (χ4n) is 1.54. The normalized spacial score (nSPS) is 9.89. The Balaban J connectivity index is 2.52. The zero-order valence-electron chi connectivity index (χ0n) is 11.0. The van der Waals surface area contributed by atoms with E-state index in [0.29, 0.717) is 12.8 Å². The van der Waals surface area contributed by atoms with Crippen LogP contribution in [-0.4, -0.2) is 11.8 Å². The zero-order chi connectivity index (χ0) is 13.4. The number of rotatable bonds is 6. The number of anilines is 2. The van der Waals surface area contributed by atoms with Crippen molar-refractivity contribution in [2.75, 3.05) is 10.6 Å². The lowest BCUT2D eigenvalue weighted by Crippen LogP contribution is -2.12. The van der Waals surface area contributed by atoms with Crippen molar-refractivity contribution in [2.45, 2.75) is 39.5 Å². The first-order chi connectivity index (χ1) is 8.65. The van der Waals surface area contributed by atoms with E-state index in [1.807, 2.05) is 13.8 Å². The van der Waals surface area contributed by atoms with Crippen LogP contribution >= 0.6 is 0 Å². The molecule has 0 atom stereocenters. The molecule has 0 heterocycles. The first kappa shape index (κ1) is 14.2. The lowest BCUT2D eigenvalue weighted by molar-refractivity contribution is -0.117. The smallest absolute Gasteiger partial charge is 0.224 e. The van der Waals surface area contributed by atoms with Gasteiger partial charge in [0.2, 0.25) is 11.8 Å². The molecule has 0 bridgehead atoms. The van der Waals surface area contributed by atoms with Gasteiger partial charge < -0.3 is 10.6 Å². The molecular formula is C14H20N2O2. The first-order valence-corrected chi connectivity index (χ1v) is 6.35. The summed E-state index contributed by atoms with van der Waals surface area (Å²) in [4.78, 5) is 22.8. The summed E-state index contributed by atoms with van der Waals surface area (Å²) in [5.74, 6) is 0.0283. The summed E-state index contributed by atoms with van der Waals surface area (Å²) >= 11 is 0. The Morgan fingerprint density at radius 1 is 0.833 bits per heavy atom. The standard InChI is InChI=1S/C14H20N2O2/c1-3-5-13(17)15-11-7-9-12(10-8-11)16-14(18)6-4-2/h7-10H,3-6H2,1-2H3,(H,15,17)(H,16,18). The topological polar surface area (TPSA) is 58.2 Å². The Morgan fingerprint density at radius 2 is 1.17 bits per heavy atom. The Morgan fingerprint density at radius 3 is 1.44 bits per heavy atom. The minimum Gasteiger partial charge on any atom is -0.326 e. The van der Waals surface area contributed by atoms with Crippen molar-refractivity contribution in [2.24, 2.45) is 0 Å². The number of carbonyl (C=O) groups excluding carboxylic acids is 2. The molecule has 2 N–H and O–H groups in total. The summed E-state index contributed by atoms with van der Waals surface area (Å²) in [5.41, 5.74) is 1.50. The van der Waals surface area contributed by atoms with Gasteiger partial charge in [-0.2, -0.15) is 0 Å². The highest BCUT2D eigenvalue weighted by Gasteiger charge is 2.02. The van der Waals surface area contributed by atoms with Crippen LogP contribution in [0, 0.1) is 0 Å². The largest absolute Gasteiger partial charge is 0.326 e. The number of benzene rings is 1. The van der Waals surface area contributed by atoms with Gasteiger partial charge in [-0.15, -0.1) is 0 Å². The fourth-order valence-corrected chi connectivity index (χ4v) is 1.54. The molecule has 2 amide bonds.